The molecule has 9 heteroatoms. The summed E-state index contributed by atoms with van der Waals surface area (Å²) < 4.78 is 32.9. The summed E-state index contributed by atoms with van der Waals surface area (Å²) in [7, 11) is -9.57. The van der Waals surface area contributed by atoms with Gasteiger partial charge < -0.3 is 18.8 Å². The first kappa shape index (κ1) is 38.6. The average Bonchev–Trinajstić information content (AvgIpc) is 4.06. The van der Waals surface area contributed by atoms with Gasteiger partial charge in [-0.1, -0.05) is 206 Å². The van der Waals surface area contributed by atoms with E-state index in [4.69, 9.17) is 0 Å². The fourth-order valence-electron chi connectivity index (χ4n) is 13.8. The van der Waals surface area contributed by atoms with Crippen LogP contribution in [0.2, 0.25) is 0 Å². The number of anilines is 4. The standard InChI is InChI=1S/C60H38B2N2O2P2Si/c65-67-57-31-13-9-23-45(57)47-25-15-29-55(59(47)67)63-53-27-11-7-21-43(53)49-37-41(33-35-51(49)61(63)67)69(39-17-3-1-4-18-39,40-19-5-2-6-20-40)42-34-36-52-50(38-42)44-22-8-12-28-54(44)64-56-30-16-26-48-46-24-10-14-32-58(46)68(66,60(48)56)62(52)64/h1-38H. The van der Waals surface area contributed by atoms with Crippen molar-refractivity contribution in [3.05, 3.63) is 231 Å². The molecule has 16 rings (SSSR count). The van der Waals surface area contributed by atoms with E-state index in [2.05, 4.69) is 240 Å². The van der Waals surface area contributed by atoms with Crippen LogP contribution < -0.4 is 62.5 Å². The monoisotopic (exact) mass is 930 g/mol. The topological polar surface area (TPSA) is 40.6 Å². The molecule has 0 bridgehead atoms. The highest BCUT2D eigenvalue weighted by Gasteiger charge is 2.62. The summed E-state index contributed by atoms with van der Waals surface area (Å²) >= 11 is 0. The second kappa shape index (κ2) is 13.4. The van der Waals surface area contributed by atoms with Crippen LogP contribution in [0.25, 0.3) is 44.5 Å². The Balaban J connectivity index is 0.966. The third-order valence-corrected chi connectivity index (χ3v) is 28.0. The molecular weight excluding hydrogens is 892 g/mol. The van der Waals surface area contributed by atoms with Crippen LogP contribution in [0, 0.1) is 0 Å². The van der Waals surface area contributed by atoms with E-state index in [9.17, 15) is 0 Å². The molecule has 0 spiro atoms. The first-order chi connectivity index (χ1) is 34.0. The molecule has 0 saturated carbocycles. The smallest absolute Gasteiger partial charge is 0.373 e. The van der Waals surface area contributed by atoms with E-state index in [1.165, 1.54) is 20.7 Å². The minimum atomic E-state index is -3.20. The highest BCUT2D eigenvalue weighted by Crippen LogP contribution is 2.67. The van der Waals surface area contributed by atoms with E-state index in [1.54, 1.807) is 0 Å². The Bertz CT molecular complexity index is 3790. The first-order valence-electron chi connectivity index (χ1n) is 23.9. The van der Waals surface area contributed by atoms with E-state index >= 15 is 9.13 Å². The maximum Gasteiger partial charge on any atom is 0.377 e. The lowest BCUT2D eigenvalue weighted by Gasteiger charge is -2.39. The molecule has 320 valence electrons. The fourth-order valence-corrected chi connectivity index (χ4v) is 26.3. The van der Waals surface area contributed by atoms with E-state index < -0.39 is 22.1 Å². The van der Waals surface area contributed by atoms with Gasteiger partial charge >= 0.3 is 13.1 Å². The van der Waals surface area contributed by atoms with Gasteiger partial charge in [-0.2, -0.15) is 0 Å². The summed E-state index contributed by atoms with van der Waals surface area (Å²) in [5.74, 6) is 0. The summed E-state index contributed by atoms with van der Waals surface area (Å²) in [6.45, 7) is -0.744. The SMILES string of the molecule is O=P12B3c4ccc([Si](c5ccccc5)(c5ccccc5)c5ccc6c(c5)-c5ccccc5N5B6P6(=O)c7ccccc7-c7cccc5c76)cc4-c4ccccc4N3c3cccc(c31)-c1ccccc12. The van der Waals surface area contributed by atoms with Gasteiger partial charge in [-0.05, 0) is 89.3 Å². The molecule has 6 heterocycles. The second-order valence-electron chi connectivity index (χ2n) is 19.3. The Morgan fingerprint density at radius 1 is 0.304 bits per heavy atom. The van der Waals surface area contributed by atoms with Crippen LogP contribution in [0.5, 0.6) is 0 Å². The van der Waals surface area contributed by atoms with Gasteiger partial charge in [0.1, 0.15) is 14.0 Å². The van der Waals surface area contributed by atoms with Gasteiger partial charge in [-0.25, -0.2) is 0 Å². The average molecular weight is 931 g/mol. The zero-order valence-corrected chi connectivity index (χ0v) is 40.0. The van der Waals surface area contributed by atoms with Gasteiger partial charge in [0.25, 0.3) is 0 Å². The molecular formula is C60H38B2N2O2P2Si. The second-order valence-corrected chi connectivity index (χ2v) is 28.6. The third-order valence-electron chi connectivity index (χ3n) is 16.3. The van der Waals surface area contributed by atoms with E-state index in [0.29, 0.717) is 0 Å². The summed E-state index contributed by atoms with van der Waals surface area (Å²) in [5, 5.41) is 8.98. The van der Waals surface area contributed by atoms with Crippen molar-refractivity contribution < 1.29 is 9.13 Å². The first-order valence-corrected chi connectivity index (χ1v) is 29.4. The van der Waals surface area contributed by atoms with Gasteiger partial charge in [0.15, 0.2) is 8.07 Å². The maximum absolute atomic E-state index is 16.4. The van der Waals surface area contributed by atoms with Gasteiger partial charge in [0.05, 0.1) is 0 Å². The number of fused-ring (bicyclic) bond motifs is 22. The Hall–Kier alpha value is -7.39. The van der Waals surface area contributed by atoms with Crippen LogP contribution in [0.15, 0.2) is 231 Å². The molecule has 0 aromatic heterocycles. The lowest BCUT2D eigenvalue weighted by Crippen LogP contribution is -2.75. The van der Waals surface area contributed by atoms with Crippen LogP contribution in [0.3, 0.4) is 0 Å². The van der Waals surface area contributed by atoms with Gasteiger partial charge in [-0.3, -0.25) is 0 Å². The van der Waals surface area contributed by atoms with E-state index in [-0.39, 0.29) is 13.1 Å². The van der Waals surface area contributed by atoms with Crippen LogP contribution >= 0.6 is 14.0 Å². The van der Waals surface area contributed by atoms with Gasteiger partial charge in [0.2, 0.25) is 0 Å². The quantitative estimate of drug-likeness (QED) is 0.101. The van der Waals surface area contributed by atoms with Crippen molar-refractivity contribution in [3.63, 3.8) is 0 Å². The van der Waals surface area contributed by atoms with Gasteiger partial charge in [0, 0.05) is 55.1 Å². The zero-order valence-electron chi connectivity index (χ0n) is 37.2. The number of benzene rings is 10. The largest absolute Gasteiger partial charge is 0.377 e. The Morgan fingerprint density at radius 3 is 1.12 bits per heavy atom. The van der Waals surface area contributed by atoms with Crippen molar-refractivity contribution in [2.75, 3.05) is 9.62 Å². The summed E-state index contributed by atoms with van der Waals surface area (Å²) in [4.78, 5) is 4.79. The molecule has 2 unspecified atom stereocenters. The van der Waals surface area contributed by atoms with E-state index in [0.717, 1.165) is 99.4 Å². The normalized spacial score (nSPS) is 18.6. The molecule has 4 nitrogen and oxygen atoms in total. The van der Waals surface area contributed by atoms with Crippen molar-refractivity contribution in [3.8, 4) is 44.5 Å². The van der Waals surface area contributed by atoms with Crippen molar-refractivity contribution in [2.45, 2.75) is 0 Å². The van der Waals surface area contributed by atoms with Crippen LogP contribution in [-0.4, -0.2) is 21.2 Å². The summed E-state index contributed by atoms with van der Waals surface area (Å²) in [5.41, 5.74) is 15.4. The van der Waals surface area contributed by atoms with Crippen molar-refractivity contribution >= 4 is 111 Å². The molecule has 69 heavy (non-hydrogen) atoms. The molecule has 6 aliphatic heterocycles. The third kappa shape index (κ3) is 4.52. The molecule has 0 aliphatic carbocycles. The molecule has 2 atom stereocenters. The van der Waals surface area contributed by atoms with Crippen LogP contribution in [0.4, 0.5) is 22.7 Å². The van der Waals surface area contributed by atoms with Crippen LogP contribution in [-0.2, 0) is 9.13 Å². The van der Waals surface area contributed by atoms with Crippen molar-refractivity contribution in [1.82, 2.24) is 0 Å². The molecule has 0 N–H and O–H groups in total. The fraction of sp³-hybridized carbons (Fsp3) is 0. The molecule has 6 aliphatic rings. The summed E-state index contributed by atoms with van der Waals surface area (Å²) in [6.07, 6.45) is 0. The van der Waals surface area contributed by atoms with Crippen molar-refractivity contribution in [1.29, 1.82) is 0 Å². The molecule has 0 saturated heterocycles. The number of rotatable bonds is 4. The molecule has 10 aromatic rings. The minimum absolute atomic E-state index is 0.372. The predicted molar refractivity (Wildman–Crippen MR) is 293 cm³/mol. The number of para-hydroxylation sites is 2. The lowest BCUT2D eigenvalue weighted by atomic mass is 9.69. The van der Waals surface area contributed by atoms with Gasteiger partial charge in [-0.15, -0.1) is 0 Å². The molecule has 10 aromatic carbocycles. The number of hydrogen-bond acceptors (Lipinski definition) is 4. The molecule has 0 amide bonds. The minimum Gasteiger partial charge on any atom is -0.373 e. The van der Waals surface area contributed by atoms with Crippen molar-refractivity contribution in [2.24, 2.45) is 0 Å². The maximum atomic E-state index is 16.4. The lowest BCUT2D eigenvalue weighted by molar-refractivity contribution is 0.594. The molecule has 0 radical (unpaired) electrons. The Morgan fingerprint density at radius 2 is 0.667 bits per heavy atom. The molecule has 0 fully saturated rings. The predicted octanol–water partition coefficient (Wildman–Crippen LogP) is 8.71. The zero-order chi connectivity index (χ0) is 45.4. The summed E-state index contributed by atoms with van der Waals surface area (Å²) in [6, 6.07) is 83.9. The highest BCUT2D eigenvalue weighted by atomic mass is 31.2. The Kier molecular flexibility index (Phi) is 7.51. The van der Waals surface area contributed by atoms with E-state index in [1.807, 2.05) is 0 Å². The highest BCUT2D eigenvalue weighted by molar-refractivity contribution is 8.10. The van der Waals surface area contributed by atoms with Crippen LogP contribution in [0.1, 0.15) is 0 Å². The number of nitrogens with zero attached hydrogens (tertiary/aromatic N) is 2. The number of hydrogen-bond donors (Lipinski definition) is 0. The Labute approximate surface area is 402 Å².